The summed E-state index contributed by atoms with van der Waals surface area (Å²) in [6, 6.07) is 2.73. The summed E-state index contributed by atoms with van der Waals surface area (Å²) in [5, 5.41) is 0. The number of pyridine rings is 2. The Kier molecular flexibility index (Phi) is 6.92. The predicted octanol–water partition coefficient (Wildman–Crippen LogP) is 4.43. The van der Waals surface area contributed by atoms with Crippen LogP contribution in [0.2, 0.25) is 0 Å². The maximum Gasteiger partial charge on any atom is 0.259 e. The molecule has 0 bridgehead atoms. The van der Waals surface area contributed by atoms with E-state index in [1.54, 1.807) is 19.9 Å². The van der Waals surface area contributed by atoms with Gasteiger partial charge in [-0.05, 0) is 33.1 Å². The second kappa shape index (κ2) is 9.16. The fraction of sp³-hybridized carbons (Fsp3) is 0.250. The first-order valence-electron chi connectivity index (χ1n) is 8.40. The fourth-order valence-corrected chi connectivity index (χ4v) is 2.59. The summed E-state index contributed by atoms with van der Waals surface area (Å²) in [7, 11) is 0. The Balaban J connectivity index is 2.22. The zero-order chi connectivity index (χ0) is 20.8. The number of allylic oxidation sites excluding steroid dienone is 2. The summed E-state index contributed by atoms with van der Waals surface area (Å²) >= 11 is 0. The molecule has 0 aromatic carbocycles. The van der Waals surface area contributed by atoms with E-state index in [1.165, 1.54) is 23.8 Å². The van der Waals surface area contributed by atoms with E-state index in [-0.39, 0.29) is 30.2 Å². The first-order chi connectivity index (χ1) is 13.2. The average molecular weight is 391 g/mol. The molecule has 0 aliphatic rings. The second-order valence-corrected chi connectivity index (χ2v) is 6.08. The number of nitrogens with zero attached hydrogens (tertiary/aromatic N) is 3. The van der Waals surface area contributed by atoms with Gasteiger partial charge in [-0.3, -0.25) is 19.3 Å². The SMILES string of the molecule is C=N/C=C(F)\C=C(\F)CCOc1cc(C)n(-c2c(C)cnc(C)c2F)c(=O)c1. The summed E-state index contributed by atoms with van der Waals surface area (Å²) < 4.78 is 47.8. The van der Waals surface area contributed by atoms with E-state index >= 15 is 0 Å². The van der Waals surface area contributed by atoms with Gasteiger partial charge in [0.1, 0.15) is 17.4 Å². The third-order valence-electron chi connectivity index (χ3n) is 3.88. The quantitative estimate of drug-likeness (QED) is 0.518. The topological polar surface area (TPSA) is 56.5 Å². The highest BCUT2D eigenvalue weighted by molar-refractivity contribution is 5.44. The molecule has 28 heavy (non-hydrogen) atoms. The third kappa shape index (κ3) is 4.97. The number of aryl methyl sites for hydroxylation is 3. The minimum Gasteiger partial charge on any atom is -0.493 e. The molecule has 0 radical (unpaired) electrons. The van der Waals surface area contributed by atoms with Gasteiger partial charge < -0.3 is 4.74 Å². The van der Waals surface area contributed by atoms with Crippen LogP contribution in [0.25, 0.3) is 5.69 Å². The minimum absolute atomic E-state index is 0.109. The molecule has 0 saturated carbocycles. The van der Waals surface area contributed by atoms with Crippen LogP contribution in [0.1, 0.15) is 23.4 Å². The number of rotatable bonds is 7. The first kappa shape index (κ1) is 21.1. The van der Waals surface area contributed by atoms with E-state index in [0.717, 1.165) is 6.20 Å². The molecule has 8 heteroatoms. The Morgan fingerprint density at radius 2 is 2.04 bits per heavy atom. The van der Waals surface area contributed by atoms with Gasteiger partial charge in [0.2, 0.25) is 0 Å². The van der Waals surface area contributed by atoms with E-state index in [0.29, 0.717) is 17.3 Å². The van der Waals surface area contributed by atoms with Crippen LogP contribution < -0.4 is 10.3 Å². The molecular weight excluding hydrogens is 371 g/mol. The predicted molar refractivity (Wildman–Crippen MR) is 102 cm³/mol. The van der Waals surface area contributed by atoms with E-state index in [9.17, 15) is 18.0 Å². The van der Waals surface area contributed by atoms with Crippen molar-refractivity contribution in [1.82, 2.24) is 9.55 Å². The van der Waals surface area contributed by atoms with Crippen LogP contribution in [0.5, 0.6) is 5.75 Å². The van der Waals surface area contributed by atoms with Crippen LogP contribution in [-0.2, 0) is 0 Å². The van der Waals surface area contributed by atoms with Gasteiger partial charge >= 0.3 is 0 Å². The van der Waals surface area contributed by atoms with Gasteiger partial charge in [0.15, 0.2) is 5.82 Å². The summed E-state index contributed by atoms with van der Waals surface area (Å²) in [6.45, 7) is 7.76. The molecule has 0 saturated heterocycles. The average Bonchev–Trinajstić information content (AvgIpc) is 2.60. The van der Waals surface area contributed by atoms with E-state index in [2.05, 4.69) is 16.7 Å². The number of aliphatic imine (C=N–C) groups is 1. The van der Waals surface area contributed by atoms with Crippen LogP contribution >= 0.6 is 0 Å². The highest BCUT2D eigenvalue weighted by Gasteiger charge is 2.16. The number of halogens is 3. The van der Waals surface area contributed by atoms with Crippen molar-refractivity contribution in [2.45, 2.75) is 27.2 Å². The Labute approximate surface area is 160 Å². The molecule has 5 nitrogen and oxygen atoms in total. The lowest BCUT2D eigenvalue weighted by molar-refractivity contribution is 0.309. The molecule has 0 N–H and O–H groups in total. The van der Waals surface area contributed by atoms with Crippen molar-refractivity contribution in [3.05, 3.63) is 75.4 Å². The number of aromatic nitrogens is 2. The van der Waals surface area contributed by atoms with Crippen LogP contribution in [0.3, 0.4) is 0 Å². The lowest BCUT2D eigenvalue weighted by atomic mass is 10.2. The molecule has 0 atom stereocenters. The molecule has 2 aromatic rings. The van der Waals surface area contributed by atoms with Gasteiger partial charge in [0.25, 0.3) is 5.56 Å². The van der Waals surface area contributed by atoms with E-state index in [1.807, 2.05) is 0 Å². The summed E-state index contributed by atoms with van der Waals surface area (Å²) in [5.41, 5.74) is 0.774. The smallest absolute Gasteiger partial charge is 0.259 e. The van der Waals surface area contributed by atoms with Crippen LogP contribution in [0.4, 0.5) is 13.2 Å². The minimum atomic E-state index is -0.865. The monoisotopic (exact) mass is 391 g/mol. The molecule has 0 fully saturated rings. The molecule has 0 amide bonds. The summed E-state index contributed by atoms with van der Waals surface area (Å²) in [4.78, 5) is 19.7. The fourth-order valence-electron chi connectivity index (χ4n) is 2.59. The van der Waals surface area contributed by atoms with Crippen LogP contribution in [-0.4, -0.2) is 22.9 Å². The van der Waals surface area contributed by atoms with Crippen LogP contribution in [0.15, 0.2) is 52.0 Å². The van der Waals surface area contributed by atoms with Gasteiger partial charge in [0.05, 0.1) is 24.2 Å². The normalized spacial score (nSPS) is 12.2. The van der Waals surface area contributed by atoms with Gasteiger partial charge in [-0.25, -0.2) is 13.2 Å². The molecule has 0 aliphatic carbocycles. The van der Waals surface area contributed by atoms with Gasteiger partial charge in [0, 0.05) is 36.5 Å². The molecule has 0 spiro atoms. The maximum absolute atomic E-state index is 14.5. The Morgan fingerprint density at radius 3 is 2.68 bits per heavy atom. The summed E-state index contributed by atoms with van der Waals surface area (Å²) in [5.74, 6) is -1.97. The van der Waals surface area contributed by atoms with Crippen molar-refractivity contribution < 1.29 is 17.9 Å². The lowest BCUT2D eigenvalue weighted by Gasteiger charge is -2.15. The van der Waals surface area contributed by atoms with E-state index in [4.69, 9.17) is 4.74 Å². The first-order valence-corrected chi connectivity index (χ1v) is 8.40. The Bertz CT molecular complexity index is 1010. The van der Waals surface area contributed by atoms with Gasteiger partial charge in [-0.15, -0.1) is 0 Å². The van der Waals surface area contributed by atoms with Gasteiger partial charge in [-0.2, -0.15) is 0 Å². The highest BCUT2D eigenvalue weighted by Crippen LogP contribution is 2.21. The molecule has 2 aromatic heterocycles. The number of ether oxygens (including phenoxy) is 1. The van der Waals surface area contributed by atoms with Crippen molar-refractivity contribution in [2.75, 3.05) is 6.61 Å². The second-order valence-electron chi connectivity index (χ2n) is 6.08. The van der Waals surface area contributed by atoms with Crippen LogP contribution in [0, 0.1) is 26.6 Å². The standard InChI is InChI=1S/C20H20F3N3O2/c1-12-10-25-14(3)19(23)20(12)26-13(2)7-17(9-18(26)27)28-6-5-15(21)8-16(22)11-24-4/h7-11H,4-6H2,1-3H3/b15-8+,16-11+. The zero-order valence-electron chi connectivity index (χ0n) is 15.8. The largest absolute Gasteiger partial charge is 0.493 e. The summed E-state index contributed by atoms with van der Waals surface area (Å²) in [6.07, 6.45) is 2.76. The van der Waals surface area contributed by atoms with Crippen molar-refractivity contribution in [2.24, 2.45) is 4.99 Å². The van der Waals surface area contributed by atoms with Crippen molar-refractivity contribution in [3.8, 4) is 11.4 Å². The number of hydrogen-bond acceptors (Lipinski definition) is 4. The molecule has 2 heterocycles. The zero-order valence-corrected chi connectivity index (χ0v) is 15.8. The molecular formula is C20H20F3N3O2. The number of hydrogen-bond donors (Lipinski definition) is 0. The third-order valence-corrected chi connectivity index (χ3v) is 3.88. The maximum atomic E-state index is 14.5. The molecule has 0 unspecified atom stereocenters. The Morgan fingerprint density at radius 1 is 1.32 bits per heavy atom. The highest BCUT2D eigenvalue weighted by atomic mass is 19.1. The van der Waals surface area contributed by atoms with E-state index < -0.39 is 23.0 Å². The van der Waals surface area contributed by atoms with Crippen molar-refractivity contribution >= 4 is 6.72 Å². The molecule has 2 rings (SSSR count). The lowest BCUT2D eigenvalue weighted by Crippen LogP contribution is -2.22. The van der Waals surface area contributed by atoms with Crippen molar-refractivity contribution in [1.29, 1.82) is 0 Å². The van der Waals surface area contributed by atoms with Crippen molar-refractivity contribution in [3.63, 3.8) is 0 Å². The van der Waals surface area contributed by atoms with Gasteiger partial charge in [-0.1, -0.05) is 0 Å². The Hall–Kier alpha value is -3.16. The molecule has 0 aliphatic heterocycles. The molecule has 148 valence electrons.